The number of fused-ring (bicyclic) bond motifs is 3. The molecule has 0 aliphatic rings. The van der Waals surface area contributed by atoms with Gasteiger partial charge in [-0.2, -0.15) is 0 Å². The van der Waals surface area contributed by atoms with Crippen molar-refractivity contribution in [1.82, 2.24) is 19.9 Å². The van der Waals surface area contributed by atoms with Gasteiger partial charge >= 0.3 is 0 Å². The van der Waals surface area contributed by atoms with Gasteiger partial charge in [-0.25, -0.2) is 9.97 Å². The predicted molar refractivity (Wildman–Crippen MR) is 112 cm³/mol. The molecular formula is C20H17ClN4O2S. The second kappa shape index (κ2) is 7.69. The van der Waals surface area contributed by atoms with Crippen molar-refractivity contribution in [3.05, 3.63) is 69.4 Å². The van der Waals surface area contributed by atoms with Crippen molar-refractivity contribution in [2.45, 2.75) is 26.4 Å². The number of pyridine rings is 1. The molecule has 1 N–H and O–H groups in total. The average Bonchev–Trinajstić information content (AvgIpc) is 3.08. The minimum Gasteiger partial charge on any atom is -0.350 e. The maximum atomic E-state index is 13.0. The standard InChI is InChI=1S/C20H17ClN4O2S/c1-2-15-24-17-13-7-5-9-22-19(13)28-18(17)20(27)25(15)11-16(26)23-10-12-6-3-4-8-14(12)21/h3-9H,2,10-11H2,1H3,(H,23,26). The van der Waals surface area contributed by atoms with Crippen molar-refractivity contribution in [3.63, 3.8) is 0 Å². The molecule has 0 fully saturated rings. The van der Waals surface area contributed by atoms with E-state index in [2.05, 4.69) is 15.3 Å². The maximum absolute atomic E-state index is 13.0. The summed E-state index contributed by atoms with van der Waals surface area (Å²) in [6, 6.07) is 11.1. The number of aryl methyl sites for hydroxylation is 1. The lowest BCUT2D eigenvalue weighted by atomic mass is 10.2. The lowest BCUT2D eigenvalue weighted by Gasteiger charge is -2.12. The molecule has 1 amide bonds. The van der Waals surface area contributed by atoms with Crippen molar-refractivity contribution in [3.8, 4) is 0 Å². The first kappa shape index (κ1) is 18.6. The average molecular weight is 413 g/mol. The predicted octanol–water partition coefficient (Wildman–Crippen LogP) is 3.54. The largest absolute Gasteiger partial charge is 0.350 e. The van der Waals surface area contributed by atoms with E-state index in [1.165, 1.54) is 15.9 Å². The van der Waals surface area contributed by atoms with Crippen molar-refractivity contribution in [2.24, 2.45) is 0 Å². The van der Waals surface area contributed by atoms with E-state index in [-0.39, 0.29) is 18.0 Å². The lowest BCUT2D eigenvalue weighted by Crippen LogP contribution is -2.34. The van der Waals surface area contributed by atoms with E-state index in [1.807, 2.05) is 37.3 Å². The van der Waals surface area contributed by atoms with Crippen LogP contribution in [0.3, 0.4) is 0 Å². The summed E-state index contributed by atoms with van der Waals surface area (Å²) in [5, 5.41) is 4.28. The van der Waals surface area contributed by atoms with Gasteiger partial charge in [0.2, 0.25) is 5.91 Å². The molecule has 0 aliphatic carbocycles. The molecule has 0 atom stereocenters. The summed E-state index contributed by atoms with van der Waals surface area (Å²) in [5.41, 5.74) is 1.27. The van der Waals surface area contributed by atoms with E-state index in [9.17, 15) is 9.59 Å². The number of hydrogen-bond donors (Lipinski definition) is 1. The van der Waals surface area contributed by atoms with Gasteiger partial charge < -0.3 is 5.32 Å². The molecule has 6 nitrogen and oxygen atoms in total. The third-order valence-corrected chi connectivity index (χ3v) is 5.94. The first-order valence-electron chi connectivity index (χ1n) is 8.85. The molecule has 0 bridgehead atoms. The van der Waals surface area contributed by atoms with Crippen LogP contribution in [0.1, 0.15) is 18.3 Å². The molecule has 0 unspecified atom stereocenters. The number of rotatable bonds is 5. The Balaban J connectivity index is 1.65. The van der Waals surface area contributed by atoms with Crippen LogP contribution in [0.2, 0.25) is 5.02 Å². The molecule has 28 heavy (non-hydrogen) atoms. The highest BCUT2D eigenvalue weighted by atomic mass is 35.5. The maximum Gasteiger partial charge on any atom is 0.272 e. The number of aromatic nitrogens is 3. The van der Waals surface area contributed by atoms with Gasteiger partial charge in [-0.3, -0.25) is 14.2 Å². The summed E-state index contributed by atoms with van der Waals surface area (Å²) >= 11 is 7.43. The molecule has 142 valence electrons. The highest BCUT2D eigenvalue weighted by molar-refractivity contribution is 7.25. The summed E-state index contributed by atoms with van der Waals surface area (Å²) in [4.78, 5) is 35.3. The van der Waals surface area contributed by atoms with Crippen LogP contribution in [0, 0.1) is 0 Å². The van der Waals surface area contributed by atoms with Crippen molar-refractivity contribution < 1.29 is 4.79 Å². The van der Waals surface area contributed by atoms with E-state index < -0.39 is 0 Å². The molecule has 4 rings (SSSR count). The fraction of sp³-hybridized carbons (Fsp3) is 0.200. The first-order valence-corrected chi connectivity index (χ1v) is 10.0. The number of carbonyl (C=O) groups excluding carboxylic acids is 1. The second-order valence-electron chi connectivity index (χ2n) is 6.28. The second-order valence-corrected chi connectivity index (χ2v) is 7.68. The summed E-state index contributed by atoms with van der Waals surface area (Å²) < 4.78 is 1.96. The van der Waals surface area contributed by atoms with Gasteiger partial charge in [-0.1, -0.05) is 36.7 Å². The van der Waals surface area contributed by atoms with Gasteiger partial charge in [-0.05, 0) is 23.8 Å². The third-order valence-electron chi connectivity index (χ3n) is 4.48. The lowest BCUT2D eigenvalue weighted by molar-refractivity contribution is -0.121. The zero-order chi connectivity index (χ0) is 19.7. The Morgan fingerprint density at radius 3 is 2.86 bits per heavy atom. The smallest absolute Gasteiger partial charge is 0.272 e. The van der Waals surface area contributed by atoms with Crippen LogP contribution in [-0.4, -0.2) is 20.4 Å². The zero-order valence-corrected chi connectivity index (χ0v) is 16.7. The molecule has 4 aromatic rings. The van der Waals surface area contributed by atoms with Crippen LogP contribution >= 0.6 is 22.9 Å². The number of halogens is 1. The van der Waals surface area contributed by atoms with Crippen LogP contribution < -0.4 is 10.9 Å². The number of hydrogen-bond acceptors (Lipinski definition) is 5. The summed E-state index contributed by atoms with van der Waals surface area (Å²) in [6.45, 7) is 2.13. The highest BCUT2D eigenvalue weighted by Crippen LogP contribution is 2.28. The molecule has 3 heterocycles. The first-order chi connectivity index (χ1) is 13.6. The number of nitrogens with one attached hydrogen (secondary N) is 1. The molecule has 0 spiro atoms. The summed E-state index contributed by atoms with van der Waals surface area (Å²) in [7, 11) is 0. The van der Waals surface area contributed by atoms with E-state index in [4.69, 9.17) is 11.6 Å². The fourth-order valence-corrected chi connectivity index (χ4v) is 4.31. The Morgan fingerprint density at radius 1 is 1.25 bits per heavy atom. The molecule has 0 saturated heterocycles. The number of thiophene rings is 1. The van der Waals surface area contributed by atoms with E-state index >= 15 is 0 Å². The molecule has 0 saturated carbocycles. The third kappa shape index (κ3) is 3.39. The van der Waals surface area contributed by atoms with Gasteiger partial charge in [0.15, 0.2) is 0 Å². The van der Waals surface area contributed by atoms with Crippen LogP contribution in [0.25, 0.3) is 20.4 Å². The van der Waals surface area contributed by atoms with Crippen LogP contribution in [0.4, 0.5) is 0 Å². The number of nitrogens with zero attached hydrogens (tertiary/aromatic N) is 3. The topological polar surface area (TPSA) is 76.9 Å². The van der Waals surface area contributed by atoms with Crippen molar-refractivity contribution in [2.75, 3.05) is 0 Å². The van der Waals surface area contributed by atoms with Gasteiger partial charge in [0.05, 0.1) is 5.52 Å². The molecule has 8 heteroatoms. The van der Waals surface area contributed by atoms with Gasteiger partial charge in [0.1, 0.15) is 21.9 Å². The SMILES string of the molecule is CCc1nc2c(sc3ncccc32)c(=O)n1CC(=O)NCc1ccccc1Cl. The minimum atomic E-state index is -0.267. The van der Waals surface area contributed by atoms with Crippen molar-refractivity contribution >= 4 is 49.3 Å². The number of benzene rings is 1. The van der Waals surface area contributed by atoms with Gasteiger partial charge in [0.25, 0.3) is 5.56 Å². The quantitative estimate of drug-likeness (QED) is 0.544. The summed E-state index contributed by atoms with van der Waals surface area (Å²) in [6.07, 6.45) is 2.24. The highest BCUT2D eigenvalue weighted by Gasteiger charge is 2.17. The van der Waals surface area contributed by atoms with E-state index in [0.717, 1.165) is 15.8 Å². The Labute approximate surface area is 169 Å². The molecule has 1 aromatic carbocycles. The van der Waals surface area contributed by atoms with Crippen LogP contribution in [0.15, 0.2) is 47.4 Å². The number of amides is 1. The Kier molecular flexibility index (Phi) is 5.11. The molecule has 0 aliphatic heterocycles. The van der Waals surface area contributed by atoms with Crippen LogP contribution in [0.5, 0.6) is 0 Å². The van der Waals surface area contributed by atoms with E-state index in [0.29, 0.717) is 34.0 Å². The van der Waals surface area contributed by atoms with Crippen molar-refractivity contribution in [1.29, 1.82) is 0 Å². The number of carbonyl (C=O) groups is 1. The normalized spacial score (nSPS) is 11.2. The minimum absolute atomic E-state index is 0.0862. The van der Waals surface area contributed by atoms with E-state index in [1.54, 1.807) is 12.3 Å². The fourth-order valence-electron chi connectivity index (χ4n) is 3.07. The Bertz CT molecular complexity index is 1250. The molecule has 0 radical (unpaired) electrons. The Morgan fingerprint density at radius 2 is 2.07 bits per heavy atom. The molecular weight excluding hydrogens is 396 g/mol. The summed E-state index contributed by atoms with van der Waals surface area (Å²) in [5.74, 6) is 0.311. The van der Waals surface area contributed by atoms with Crippen LogP contribution in [-0.2, 0) is 24.3 Å². The van der Waals surface area contributed by atoms with Gasteiger partial charge in [0, 0.05) is 29.6 Å². The monoisotopic (exact) mass is 412 g/mol. The molecule has 3 aromatic heterocycles. The Hall–Kier alpha value is -2.77. The van der Waals surface area contributed by atoms with Gasteiger partial charge in [-0.15, -0.1) is 11.3 Å². The zero-order valence-electron chi connectivity index (χ0n) is 15.1.